The second-order valence-corrected chi connectivity index (χ2v) is 10.9. The van der Waals surface area contributed by atoms with Crippen LogP contribution in [0.4, 0.5) is 5.69 Å². The fraction of sp³-hybridized carbons (Fsp3) is 0.429. The number of carbonyl (C=O) groups is 2. The number of hydrogen-bond acceptors (Lipinski definition) is 6. The molecule has 2 aromatic rings. The highest BCUT2D eigenvalue weighted by Crippen LogP contribution is 2.34. The van der Waals surface area contributed by atoms with E-state index in [4.69, 9.17) is 4.74 Å². The van der Waals surface area contributed by atoms with Crippen molar-refractivity contribution < 1.29 is 22.7 Å². The van der Waals surface area contributed by atoms with E-state index in [9.17, 15) is 18.0 Å². The first kappa shape index (κ1) is 21.8. The maximum absolute atomic E-state index is 13.1. The second kappa shape index (κ2) is 8.60. The number of rotatable bonds is 5. The van der Waals surface area contributed by atoms with Crippen LogP contribution in [0.2, 0.25) is 0 Å². The molecule has 8 nitrogen and oxygen atoms in total. The van der Waals surface area contributed by atoms with Gasteiger partial charge in [-0.3, -0.25) is 9.59 Å². The summed E-state index contributed by atoms with van der Waals surface area (Å²) in [6.45, 7) is 3.38. The molecule has 4 rings (SSSR count). The SMILES string of the molecule is COc1ccc(C)cc1N1C[C@H](C(=O)N2CCN(S(=O)(=O)c3cccs3)CC2)CC1=O. The number of amides is 2. The molecule has 2 saturated heterocycles. The normalized spacial score (nSPS) is 20.3. The zero-order chi connectivity index (χ0) is 22.2. The number of sulfonamides is 1. The van der Waals surface area contributed by atoms with Crippen LogP contribution < -0.4 is 9.64 Å². The molecular weight excluding hydrogens is 438 g/mol. The minimum atomic E-state index is -3.51. The van der Waals surface area contributed by atoms with Gasteiger partial charge >= 0.3 is 0 Å². The van der Waals surface area contributed by atoms with E-state index in [1.807, 2.05) is 25.1 Å². The molecule has 0 spiro atoms. The predicted molar refractivity (Wildman–Crippen MR) is 118 cm³/mol. The van der Waals surface area contributed by atoms with Crippen LogP contribution in [-0.4, -0.2) is 69.3 Å². The topological polar surface area (TPSA) is 87.2 Å². The summed E-state index contributed by atoms with van der Waals surface area (Å²) in [6.07, 6.45) is 0.142. The largest absolute Gasteiger partial charge is 0.495 e. The van der Waals surface area contributed by atoms with Crippen LogP contribution in [0, 0.1) is 12.8 Å². The van der Waals surface area contributed by atoms with Crippen molar-refractivity contribution in [3.63, 3.8) is 0 Å². The van der Waals surface area contributed by atoms with E-state index in [2.05, 4.69) is 0 Å². The van der Waals surface area contributed by atoms with Gasteiger partial charge in [0.05, 0.1) is 18.7 Å². The molecule has 1 aromatic heterocycles. The van der Waals surface area contributed by atoms with Gasteiger partial charge in [-0.1, -0.05) is 12.1 Å². The Morgan fingerprint density at radius 1 is 1.16 bits per heavy atom. The van der Waals surface area contributed by atoms with Crippen molar-refractivity contribution in [1.29, 1.82) is 0 Å². The summed E-state index contributed by atoms with van der Waals surface area (Å²) in [5.74, 6) is -0.0607. The Labute approximate surface area is 186 Å². The number of ether oxygens (including phenoxy) is 1. The van der Waals surface area contributed by atoms with Crippen molar-refractivity contribution in [1.82, 2.24) is 9.21 Å². The molecule has 1 atom stereocenters. The van der Waals surface area contributed by atoms with Gasteiger partial charge in [-0.05, 0) is 36.1 Å². The lowest BCUT2D eigenvalue weighted by Gasteiger charge is -2.35. The van der Waals surface area contributed by atoms with Gasteiger partial charge in [0, 0.05) is 39.1 Å². The lowest BCUT2D eigenvalue weighted by molar-refractivity contribution is -0.136. The highest BCUT2D eigenvalue weighted by Gasteiger charge is 2.40. The van der Waals surface area contributed by atoms with Gasteiger partial charge in [0.15, 0.2) is 0 Å². The van der Waals surface area contributed by atoms with Crippen LogP contribution >= 0.6 is 11.3 Å². The number of nitrogens with zero attached hydrogens (tertiary/aromatic N) is 3. The van der Waals surface area contributed by atoms with E-state index >= 15 is 0 Å². The first-order valence-corrected chi connectivity index (χ1v) is 12.4. The van der Waals surface area contributed by atoms with Crippen molar-refractivity contribution in [2.75, 3.05) is 44.7 Å². The molecule has 0 aliphatic carbocycles. The summed E-state index contributed by atoms with van der Waals surface area (Å²) < 4.78 is 32.5. The minimum absolute atomic E-state index is 0.101. The number of methoxy groups -OCH3 is 1. The minimum Gasteiger partial charge on any atom is -0.495 e. The Morgan fingerprint density at radius 3 is 2.55 bits per heavy atom. The summed E-state index contributed by atoms with van der Waals surface area (Å²) >= 11 is 1.19. The quantitative estimate of drug-likeness (QED) is 0.677. The first-order chi connectivity index (χ1) is 14.8. The van der Waals surface area contributed by atoms with Crippen LogP contribution in [0.1, 0.15) is 12.0 Å². The monoisotopic (exact) mass is 463 g/mol. The lowest BCUT2D eigenvalue weighted by Crippen LogP contribution is -2.52. The molecule has 2 aliphatic rings. The average molecular weight is 464 g/mol. The van der Waals surface area contributed by atoms with Crippen LogP contribution in [0.5, 0.6) is 5.75 Å². The predicted octanol–water partition coefficient (Wildman–Crippen LogP) is 1.95. The van der Waals surface area contributed by atoms with Crippen LogP contribution in [0.3, 0.4) is 0 Å². The molecule has 0 N–H and O–H groups in total. The third kappa shape index (κ3) is 4.19. The molecule has 0 saturated carbocycles. The Bertz CT molecular complexity index is 1080. The molecule has 0 bridgehead atoms. The summed E-state index contributed by atoms with van der Waals surface area (Å²) in [5.41, 5.74) is 1.68. The summed E-state index contributed by atoms with van der Waals surface area (Å²) in [5, 5.41) is 1.73. The maximum atomic E-state index is 13.1. The van der Waals surface area contributed by atoms with Crippen LogP contribution in [-0.2, 0) is 19.6 Å². The summed E-state index contributed by atoms with van der Waals surface area (Å²) in [6, 6.07) is 8.92. The van der Waals surface area contributed by atoms with Gasteiger partial charge in [-0.25, -0.2) is 8.42 Å². The number of thiophene rings is 1. The molecule has 2 aliphatic heterocycles. The van der Waals surface area contributed by atoms with Crippen LogP contribution in [0.25, 0.3) is 0 Å². The summed E-state index contributed by atoms with van der Waals surface area (Å²) in [7, 11) is -1.96. The van der Waals surface area contributed by atoms with E-state index in [0.29, 0.717) is 35.3 Å². The Morgan fingerprint density at radius 2 is 1.90 bits per heavy atom. The molecular formula is C21H25N3O5S2. The molecule has 1 aromatic carbocycles. The molecule has 0 radical (unpaired) electrons. The molecule has 0 unspecified atom stereocenters. The zero-order valence-corrected chi connectivity index (χ0v) is 19.1. The van der Waals surface area contributed by atoms with Gasteiger partial charge < -0.3 is 14.5 Å². The average Bonchev–Trinajstić information content (AvgIpc) is 3.44. The van der Waals surface area contributed by atoms with Crippen molar-refractivity contribution in [2.45, 2.75) is 17.6 Å². The van der Waals surface area contributed by atoms with E-state index in [-0.39, 0.29) is 31.3 Å². The molecule has 31 heavy (non-hydrogen) atoms. The zero-order valence-electron chi connectivity index (χ0n) is 17.5. The third-order valence-electron chi connectivity index (χ3n) is 5.74. The van der Waals surface area contributed by atoms with Crippen molar-refractivity contribution in [3.8, 4) is 5.75 Å². The van der Waals surface area contributed by atoms with Gasteiger partial charge in [0.1, 0.15) is 9.96 Å². The standard InChI is InChI=1S/C21H25N3O5S2/c1-15-5-6-18(29-2)17(12-15)24-14-16(13-19(24)25)21(26)22-7-9-23(10-8-22)31(27,28)20-4-3-11-30-20/h3-6,11-12,16H,7-10,13-14H2,1-2H3/t16-/m1/s1. The molecule has 10 heteroatoms. The first-order valence-electron chi connectivity index (χ1n) is 10.1. The number of carbonyl (C=O) groups excluding carboxylic acids is 2. The third-order valence-corrected chi connectivity index (χ3v) is 9.01. The Kier molecular flexibility index (Phi) is 6.05. The fourth-order valence-corrected chi connectivity index (χ4v) is 6.63. The maximum Gasteiger partial charge on any atom is 0.252 e. The Hall–Kier alpha value is -2.43. The van der Waals surface area contributed by atoms with E-state index in [1.165, 1.54) is 15.6 Å². The summed E-state index contributed by atoms with van der Waals surface area (Å²) in [4.78, 5) is 29.1. The highest BCUT2D eigenvalue weighted by molar-refractivity contribution is 7.91. The highest BCUT2D eigenvalue weighted by atomic mass is 32.2. The molecule has 166 valence electrons. The van der Waals surface area contributed by atoms with Gasteiger partial charge in [0.2, 0.25) is 11.8 Å². The van der Waals surface area contributed by atoms with Crippen LogP contribution in [0.15, 0.2) is 39.9 Å². The van der Waals surface area contributed by atoms with E-state index < -0.39 is 15.9 Å². The smallest absolute Gasteiger partial charge is 0.252 e. The van der Waals surface area contributed by atoms with Gasteiger partial charge in [-0.2, -0.15) is 4.31 Å². The second-order valence-electron chi connectivity index (χ2n) is 7.74. The van der Waals surface area contributed by atoms with E-state index in [0.717, 1.165) is 5.56 Å². The molecule has 3 heterocycles. The number of aryl methyl sites for hydroxylation is 1. The van der Waals surface area contributed by atoms with Crippen molar-refractivity contribution in [3.05, 3.63) is 41.3 Å². The number of hydrogen-bond donors (Lipinski definition) is 0. The fourth-order valence-electron chi connectivity index (χ4n) is 4.06. The number of piperazine rings is 1. The van der Waals surface area contributed by atoms with Gasteiger partial charge in [-0.15, -0.1) is 11.3 Å². The van der Waals surface area contributed by atoms with E-state index in [1.54, 1.807) is 34.4 Å². The van der Waals surface area contributed by atoms with Crippen molar-refractivity contribution in [2.24, 2.45) is 5.92 Å². The lowest BCUT2D eigenvalue weighted by atomic mass is 10.1. The van der Waals surface area contributed by atoms with Gasteiger partial charge in [0.25, 0.3) is 10.0 Å². The van der Waals surface area contributed by atoms with Crippen molar-refractivity contribution >= 4 is 38.9 Å². The molecule has 2 fully saturated rings. The molecule has 2 amide bonds. The number of anilines is 1. The number of benzene rings is 1. The Balaban J connectivity index is 1.41.